The van der Waals surface area contributed by atoms with E-state index in [0.29, 0.717) is 0 Å². The molecule has 0 bridgehead atoms. The Balaban J connectivity index is 1.65. The highest BCUT2D eigenvalue weighted by Crippen LogP contribution is 2.27. The number of carbonyl (C=O) groups excluding carboxylic acids is 1. The standard InChI is InChI=1S/C12H22N2O/c1-9-3-2-4-10(5-9)6-14-12(15)11-7-13-8-11/h9-11,13H,2-8H2,1H3,(H,14,15). The summed E-state index contributed by atoms with van der Waals surface area (Å²) >= 11 is 0. The Kier molecular flexibility index (Phi) is 3.62. The molecule has 2 aliphatic rings. The lowest BCUT2D eigenvalue weighted by atomic mass is 9.82. The molecule has 2 rings (SSSR count). The molecule has 0 aromatic rings. The van der Waals surface area contributed by atoms with E-state index in [0.717, 1.165) is 31.5 Å². The Bertz CT molecular complexity index is 226. The van der Waals surface area contributed by atoms with E-state index in [4.69, 9.17) is 0 Å². The minimum absolute atomic E-state index is 0.242. The molecule has 2 atom stereocenters. The minimum atomic E-state index is 0.242. The highest BCUT2D eigenvalue weighted by Gasteiger charge is 2.26. The van der Waals surface area contributed by atoms with Gasteiger partial charge in [0.15, 0.2) is 0 Å². The molecule has 1 amide bonds. The molecule has 1 heterocycles. The van der Waals surface area contributed by atoms with Gasteiger partial charge in [-0.1, -0.05) is 19.8 Å². The van der Waals surface area contributed by atoms with E-state index < -0.39 is 0 Å². The Morgan fingerprint density at radius 1 is 1.40 bits per heavy atom. The second-order valence-electron chi connectivity index (χ2n) is 5.24. The molecule has 3 nitrogen and oxygen atoms in total. The highest BCUT2D eigenvalue weighted by atomic mass is 16.2. The summed E-state index contributed by atoms with van der Waals surface area (Å²) in [5, 5.41) is 6.22. The van der Waals surface area contributed by atoms with E-state index in [-0.39, 0.29) is 11.8 Å². The molecular formula is C12H22N2O. The summed E-state index contributed by atoms with van der Waals surface area (Å²) in [6.45, 7) is 4.96. The average molecular weight is 210 g/mol. The molecule has 0 aromatic heterocycles. The number of hydrogen-bond acceptors (Lipinski definition) is 2. The van der Waals surface area contributed by atoms with Gasteiger partial charge in [0.25, 0.3) is 0 Å². The van der Waals surface area contributed by atoms with Crippen molar-refractivity contribution in [1.82, 2.24) is 10.6 Å². The van der Waals surface area contributed by atoms with Gasteiger partial charge in [0.2, 0.25) is 5.91 Å². The second-order valence-corrected chi connectivity index (χ2v) is 5.24. The maximum atomic E-state index is 11.6. The van der Waals surface area contributed by atoms with Gasteiger partial charge < -0.3 is 10.6 Å². The van der Waals surface area contributed by atoms with Crippen molar-refractivity contribution in [1.29, 1.82) is 0 Å². The molecule has 15 heavy (non-hydrogen) atoms. The van der Waals surface area contributed by atoms with Gasteiger partial charge in [-0.05, 0) is 24.7 Å². The van der Waals surface area contributed by atoms with E-state index in [1.807, 2.05) is 0 Å². The fourth-order valence-corrected chi connectivity index (χ4v) is 2.61. The first-order chi connectivity index (χ1) is 7.25. The number of hydrogen-bond donors (Lipinski definition) is 2. The first-order valence-corrected chi connectivity index (χ1v) is 6.24. The van der Waals surface area contributed by atoms with Crippen molar-refractivity contribution in [3.05, 3.63) is 0 Å². The van der Waals surface area contributed by atoms with Crippen molar-refractivity contribution >= 4 is 5.91 Å². The summed E-state index contributed by atoms with van der Waals surface area (Å²) in [6, 6.07) is 0. The Morgan fingerprint density at radius 2 is 2.20 bits per heavy atom. The monoisotopic (exact) mass is 210 g/mol. The molecule has 1 saturated heterocycles. The van der Waals surface area contributed by atoms with Crippen LogP contribution in [0.3, 0.4) is 0 Å². The summed E-state index contributed by atoms with van der Waals surface area (Å²) < 4.78 is 0. The van der Waals surface area contributed by atoms with Crippen molar-refractivity contribution in [2.45, 2.75) is 32.6 Å². The largest absolute Gasteiger partial charge is 0.356 e. The first-order valence-electron chi connectivity index (χ1n) is 6.24. The lowest BCUT2D eigenvalue weighted by molar-refractivity contribution is -0.126. The van der Waals surface area contributed by atoms with Crippen LogP contribution >= 0.6 is 0 Å². The number of rotatable bonds is 3. The number of carbonyl (C=O) groups is 1. The van der Waals surface area contributed by atoms with Gasteiger partial charge in [-0.2, -0.15) is 0 Å². The van der Waals surface area contributed by atoms with Crippen LogP contribution in [-0.2, 0) is 4.79 Å². The molecule has 2 fully saturated rings. The van der Waals surface area contributed by atoms with Crippen LogP contribution in [-0.4, -0.2) is 25.5 Å². The molecule has 3 heteroatoms. The Hall–Kier alpha value is -0.570. The second kappa shape index (κ2) is 4.97. The predicted octanol–water partition coefficient (Wildman–Crippen LogP) is 1.15. The van der Waals surface area contributed by atoms with Crippen molar-refractivity contribution < 1.29 is 4.79 Å². The van der Waals surface area contributed by atoms with Crippen LogP contribution < -0.4 is 10.6 Å². The van der Waals surface area contributed by atoms with E-state index in [2.05, 4.69) is 17.6 Å². The van der Waals surface area contributed by atoms with Crippen LogP contribution in [0, 0.1) is 17.8 Å². The van der Waals surface area contributed by atoms with E-state index in [1.54, 1.807) is 0 Å². The highest BCUT2D eigenvalue weighted by molar-refractivity contribution is 5.79. The third-order valence-corrected chi connectivity index (χ3v) is 3.76. The fraction of sp³-hybridized carbons (Fsp3) is 0.917. The van der Waals surface area contributed by atoms with Gasteiger partial charge in [-0.15, -0.1) is 0 Å². The zero-order chi connectivity index (χ0) is 10.7. The van der Waals surface area contributed by atoms with Gasteiger partial charge in [0.05, 0.1) is 5.92 Å². The van der Waals surface area contributed by atoms with Crippen molar-refractivity contribution in [3.63, 3.8) is 0 Å². The molecule has 0 aromatic carbocycles. The molecule has 0 spiro atoms. The van der Waals surface area contributed by atoms with Crippen molar-refractivity contribution in [2.75, 3.05) is 19.6 Å². The molecular weight excluding hydrogens is 188 g/mol. The topological polar surface area (TPSA) is 41.1 Å². The number of nitrogens with one attached hydrogen (secondary N) is 2. The number of amides is 1. The zero-order valence-corrected chi connectivity index (χ0v) is 9.59. The molecule has 2 unspecified atom stereocenters. The predicted molar refractivity (Wildman–Crippen MR) is 60.5 cm³/mol. The lowest BCUT2D eigenvalue weighted by Gasteiger charge is -2.29. The molecule has 1 aliphatic heterocycles. The van der Waals surface area contributed by atoms with Crippen molar-refractivity contribution in [2.24, 2.45) is 17.8 Å². The maximum absolute atomic E-state index is 11.6. The van der Waals surface area contributed by atoms with Crippen molar-refractivity contribution in [3.8, 4) is 0 Å². The molecule has 86 valence electrons. The molecule has 2 N–H and O–H groups in total. The summed E-state index contributed by atoms with van der Waals surface area (Å²) in [4.78, 5) is 11.6. The Morgan fingerprint density at radius 3 is 2.80 bits per heavy atom. The average Bonchev–Trinajstić information content (AvgIpc) is 2.12. The lowest BCUT2D eigenvalue weighted by Crippen LogP contribution is -2.51. The van der Waals surface area contributed by atoms with Crippen LogP contribution in [0.5, 0.6) is 0 Å². The van der Waals surface area contributed by atoms with Gasteiger partial charge in [0.1, 0.15) is 0 Å². The summed E-state index contributed by atoms with van der Waals surface area (Å²) in [6.07, 6.45) is 5.31. The molecule has 0 radical (unpaired) electrons. The van der Waals surface area contributed by atoms with Gasteiger partial charge in [0, 0.05) is 19.6 Å². The third kappa shape index (κ3) is 2.94. The normalized spacial score (nSPS) is 32.1. The SMILES string of the molecule is CC1CCCC(CNC(=O)C2CNC2)C1. The van der Waals surface area contributed by atoms with E-state index >= 15 is 0 Å². The van der Waals surface area contributed by atoms with Crippen LogP contribution in [0.1, 0.15) is 32.6 Å². The quantitative estimate of drug-likeness (QED) is 0.733. The zero-order valence-electron chi connectivity index (χ0n) is 9.59. The van der Waals surface area contributed by atoms with Gasteiger partial charge in [-0.3, -0.25) is 4.79 Å². The third-order valence-electron chi connectivity index (χ3n) is 3.76. The molecule has 1 aliphatic carbocycles. The van der Waals surface area contributed by atoms with Crippen LogP contribution in [0.2, 0.25) is 0 Å². The summed E-state index contributed by atoms with van der Waals surface area (Å²) in [5.74, 6) is 2.08. The van der Waals surface area contributed by atoms with Crippen LogP contribution in [0.25, 0.3) is 0 Å². The van der Waals surface area contributed by atoms with Gasteiger partial charge >= 0.3 is 0 Å². The fourth-order valence-electron chi connectivity index (χ4n) is 2.61. The van der Waals surface area contributed by atoms with E-state index in [9.17, 15) is 4.79 Å². The molecule has 1 saturated carbocycles. The van der Waals surface area contributed by atoms with Gasteiger partial charge in [-0.25, -0.2) is 0 Å². The smallest absolute Gasteiger partial charge is 0.225 e. The van der Waals surface area contributed by atoms with Crippen LogP contribution in [0.15, 0.2) is 0 Å². The Labute approximate surface area is 92.0 Å². The maximum Gasteiger partial charge on any atom is 0.225 e. The summed E-state index contributed by atoms with van der Waals surface area (Å²) in [5.41, 5.74) is 0. The minimum Gasteiger partial charge on any atom is -0.356 e. The van der Waals surface area contributed by atoms with Crippen LogP contribution in [0.4, 0.5) is 0 Å². The van der Waals surface area contributed by atoms with E-state index in [1.165, 1.54) is 25.7 Å². The first kappa shape index (κ1) is 10.9. The summed E-state index contributed by atoms with van der Waals surface area (Å²) in [7, 11) is 0.